The zero-order valence-electron chi connectivity index (χ0n) is 11.7. The van der Waals surface area contributed by atoms with Gasteiger partial charge in [0, 0.05) is 19.4 Å². The van der Waals surface area contributed by atoms with Crippen LogP contribution in [-0.4, -0.2) is 23.0 Å². The van der Waals surface area contributed by atoms with E-state index in [1.165, 1.54) is 18.1 Å². The summed E-state index contributed by atoms with van der Waals surface area (Å²) >= 11 is 0. The van der Waals surface area contributed by atoms with Crippen LogP contribution in [0.4, 0.5) is 0 Å². The van der Waals surface area contributed by atoms with Crippen molar-refractivity contribution in [3.63, 3.8) is 0 Å². The highest BCUT2D eigenvalue weighted by molar-refractivity contribution is 5.73. The highest BCUT2D eigenvalue weighted by Crippen LogP contribution is 2.13. The standard InChI is InChI=1S/C15H21NO3/c1-10-4-5-13(8-11(10)2)9-14(16-12(3)17)6-7-15(18)19/h4-5,8,14H,6-7,9H2,1-3H3,(H,16,17)(H,18,19). The van der Waals surface area contributed by atoms with Crippen LogP contribution in [0.1, 0.15) is 36.5 Å². The first-order valence-corrected chi connectivity index (χ1v) is 6.43. The SMILES string of the molecule is CC(=O)NC(CCC(=O)O)Cc1ccc(C)c(C)c1. The normalized spacial score (nSPS) is 11.9. The van der Waals surface area contributed by atoms with Crippen molar-refractivity contribution in [3.8, 4) is 0 Å². The second-order valence-corrected chi connectivity index (χ2v) is 4.95. The monoisotopic (exact) mass is 263 g/mol. The number of carboxylic acid groups (broad SMARTS) is 1. The smallest absolute Gasteiger partial charge is 0.303 e. The summed E-state index contributed by atoms with van der Waals surface area (Å²) in [5.41, 5.74) is 3.55. The Hall–Kier alpha value is -1.84. The lowest BCUT2D eigenvalue weighted by atomic mass is 9.98. The van der Waals surface area contributed by atoms with Gasteiger partial charge in [-0.3, -0.25) is 9.59 Å². The Morgan fingerprint density at radius 1 is 1.26 bits per heavy atom. The summed E-state index contributed by atoms with van der Waals surface area (Å²) in [5.74, 6) is -0.963. The molecular weight excluding hydrogens is 242 g/mol. The topological polar surface area (TPSA) is 66.4 Å². The lowest BCUT2D eigenvalue weighted by molar-refractivity contribution is -0.137. The van der Waals surface area contributed by atoms with Crippen molar-refractivity contribution in [1.29, 1.82) is 0 Å². The highest BCUT2D eigenvalue weighted by atomic mass is 16.4. The van der Waals surface area contributed by atoms with Crippen LogP contribution in [0.5, 0.6) is 0 Å². The molecule has 104 valence electrons. The molecule has 1 amide bonds. The minimum absolute atomic E-state index is 0.0653. The molecule has 0 bridgehead atoms. The van der Waals surface area contributed by atoms with Crippen molar-refractivity contribution in [2.75, 3.05) is 0 Å². The summed E-state index contributed by atoms with van der Waals surface area (Å²) in [6, 6.07) is 6.03. The van der Waals surface area contributed by atoms with Crippen LogP contribution in [0.3, 0.4) is 0 Å². The fourth-order valence-electron chi connectivity index (χ4n) is 2.03. The summed E-state index contributed by atoms with van der Waals surface area (Å²) < 4.78 is 0. The number of nitrogens with one attached hydrogen (secondary N) is 1. The second kappa shape index (κ2) is 6.92. The largest absolute Gasteiger partial charge is 0.481 e. The number of benzene rings is 1. The van der Waals surface area contributed by atoms with Crippen LogP contribution < -0.4 is 5.32 Å². The minimum atomic E-state index is -0.838. The maximum atomic E-state index is 11.2. The molecule has 1 atom stereocenters. The zero-order valence-corrected chi connectivity index (χ0v) is 11.7. The summed E-state index contributed by atoms with van der Waals surface area (Å²) in [7, 11) is 0. The fraction of sp³-hybridized carbons (Fsp3) is 0.467. The molecule has 0 aliphatic heterocycles. The van der Waals surface area contributed by atoms with E-state index >= 15 is 0 Å². The maximum absolute atomic E-state index is 11.2. The van der Waals surface area contributed by atoms with E-state index in [1.807, 2.05) is 19.1 Å². The molecule has 0 aromatic heterocycles. The molecule has 0 spiro atoms. The molecule has 4 nitrogen and oxygen atoms in total. The maximum Gasteiger partial charge on any atom is 0.303 e. The van der Waals surface area contributed by atoms with Gasteiger partial charge in [-0.15, -0.1) is 0 Å². The van der Waals surface area contributed by atoms with Gasteiger partial charge in [-0.1, -0.05) is 18.2 Å². The Labute approximate surface area is 113 Å². The number of aliphatic carboxylic acids is 1. The lowest BCUT2D eigenvalue weighted by Crippen LogP contribution is -2.35. The molecule has 19 heavy (non-hydrogen) atoms. The molecule has 0 saturated carbocycles. The molecular formula is C15H21NO3. The van der Waals surface area contributed by atoms with Crippen LogP contribution in [0.15, 0.2) is 18.2 Å². The quantitative estimate of drug-likeness (QED) is 0.827. The average Bonchev–Trinajstić information content (AvgIpc) is 2.30. The molecule has 0 radical (unpaired) electrons. The number of amides is 1. The number of hydrogen-bond acceptors (Lipinski definition) is 2. The predicted octanol–water partition coefficient (Wildman–Crippen LogP) is 2.22. The van der Waals surface area contributed by atoms with Crippen molar-refractivity contribution < 1.29 is 14.7 Å². The fourth-order valence-corrected chi connectivity index (χ4v) is 2.03. The lowest BCUT2D eigenvalue weighted by Gasteiger charge is -2.17. The molecule has 0 heterocycles. The van der Waals surface area contributed by atoms with Crippen LogP contribution in [-0.2, 0) is 16.0 Å². The Morgan fingerprint density at radius 3 is 2.47 bits per heavy atom. The average molecular weight is 263 g/mol. The van der Waals surface area contributed by atoms with Crippen LogP contribution in [0.25, 0.3) is 0 Å². The third-order valence-corrected chi connectivity index (χ3v) is 3.17. The molecule has 0 aliphatic rings. The van der Waals surface area contributed by atoms with Crippen molar-refractivity contribution >= 4 is 11.9 Å². The van der Waals surface area contributed by atoms with Crippen molar-refractivity contribution in [2.45, 2.75) is 46.1 Å². The number of carboxylic acids is 1. The third-order valence-electron chi connectivity index (χ3n) is 3.17. The Balaban J connectivity index is 2.71. The van der Waals surface area contributed by atoms with E-state index in [1.54, 1.807) is 0 Å². The van der Waals surface area contributed by atoms with Gasteiger partial charge in [-0.05, 0) is 43.4 Å². The van der Waals surface area contributed by atoms with E-state index in [9.17, 15) is 9.59 Å². The Kier molecular flexibility index (Phi) is 5.55. The van der Waals surface area contributed by atoms with Gasteiger partial charge in [0.15, 0.2) is 0 Å². The molecule has 4 heteroatoms. The minimum Gasteiger partial charge on any atom is -0.481 e. The molecule has 1 aromatic rings. The Morgan fingerprint density at radius 2 is 1.95 bits per heavy atom. The van der Waals surface area contributed by atoms with Gasteiger partial charge in [0.25, 0.3) is 0 Å². The van der Waals surface area contributed by atoms with E-state index in [0.717, 1.165) is 5.56 Å². The van der Waals surface area contributed by atoms with E-state index < -0.39 is 5.97 Å². The van der Waals surface area contributed by atoms with Crippen molar-refractivity contribution in [1.82, 2.24) is 5.32 Å². The number of aryl methyl sites for hydroxylation is 2. The van der Waals surface area contributed by atoms with Gasteiger partial charge in [-0.25, -0.2) is 0 Å². The first-order chi connectivity index (χ1) is 8.88. The van der Waals surface area contributed by atoms with E-state index in [-0.39, 0.29) is 18.4 Å². The van der Waals surface area contributed by atoms with Gasteiger partial charge < -0.3 is 10.4 Å². The van der Waals surface area contributed by atoms with E-state index in [4.69, 9.17) is 5.11 Å². The summed E-state index contributed by atoms with van der Waals surface area (Å²) in [5, 5.41) is 11.5. The first-order valence-electron chi connectivity index (χ1n) is 6.43. The second-order valence-electron chi connectivity index (χ2n) is 4.95. The van der Waals surface area contributed by atoms with Gasteiger partial charge in [0.2, 0.25) is 5.91 Å². The number of rotatable bonds is 6. The van der Waals surface area contributed by atoms with Gasteiger partial charge >= 0.3 is 5.97 Å². The van der Waals surface area contributed by atoms with Crippen LogP contribution >= 0.6 is 0 Å². The van der Waals surface area contributed by atoms with Crippen molar-refractivity contribution in [3.05, 3.63) is 34.9 Å². The molecule has 1 aromatic carbocycles. The predicted molar refractivity (Wildman–Crippen MR) is 74.1 cm³/mol. The number of hydrogen-bond donors (Lipinski definition) is 2. The number of carbonyl (C=O) groups is 2. The van der Waals surface area contributed by atoms with E-state index in [0.29, 0.717) is 12.8 Å². The molecule has 0 saturated heterocycles. The summed E-state index contributed by atoms with van der Waals surface area (Å²) in [6.45, 7) is 5.55. The molecule has 2 N–H and O–H groups in total. The van der Waals surface area contributed by atoms with E-state index in [2.05, 4.69) is 18.3 Å². The van der Waals surface area contributed by atoms with Gasteiger partial charge in [0.05, 0.1) is 0 Å². The number of carbonyl (C=O) groups excluding carboxylic acids is 1. The highest BCUT2D eigenvalue weighted by Gasteiger charge is 2.13. The first kappa shape index (κ1) is 15.2. The van der Waals surface area contributed by atoms with Crippen LogP contribution in [0.2, 0.25) is 0 Å². The summed E-state index contributed by atoms with van der Waals surface area (Å²) in [4.78, 5) is 21.8. The van der Waals surface area contributed by atoms with Crippen molar-refractivity contribution in [2.24, 2.45) is 0 Å². The summed E-state index contributed by atoms with van der Waals surface area (Å²) in [6.07, 6.45) is 1.17. The molecule has 0 aliphatic carbocycles. The van der Waals surface area contributed by atoms with Gasteiger partial charge in [-0.2, -0.15) is 0 Å². The Bertz CT molecular complexity index is 468. The third kappa shape index (κ3) is 5.55. The molecule has 0 fully saturated rings. The molecule has 1 unspecified atom stereocenters. The zero-order chi connectivity index (χ0) is 14.4. The van der Waals surface area contributed by atoms with Gasteiger partial charge in [0.1, 0.15) is 0 Å². The molecule has 1 rings (SSSR count). The van der Waals surface area contributed by atoms with Crippen LogP contribution in [0, 0.1) is 13.8 Å².